The molecule has 0 bridgehead atoms. The molecule has 0 fully saturated rings. The summed E-state index contributed by atoms with van der Waals surface area (Å²) in [6.45, 7) is 2.24. The zero-order valence-corrected chi connectivity index (χ0v) is 9.19. The average molecular weight is 194 g/mol. The van der Waals surface area contributed by atoms with Crippen molar-refractivity contribution in [2.24, 2.45) is 0 Å². The molecule has 0 nitrogen and oxygen atoms in total. The van der Waals surface area contributed by atoms with Gasteiger partial charge in [-0.2, -0.15) is 0 Å². The number of hydrogen-bond acceptors (Lipinski definition) is 1. The maximum absolute atomic E-state index is 4.32. The number of benzene rings is 1. The normalized spacial score (nSPS) is 10.3. The molecule has 1 aromatic rings. The van der Waals surface area contributed by atoms with Crippen LogP contribution in [0.15, 0.2) is 29.2 Å². The third-order valence-electron chi connectivity index (χ3n) is 2.23. The number of thiol groups is 1. The van der Waals surface area contributed by atoms with Crippen molar-refractivity contribution in [1.29, 1.82) is 0 Å². The third kappa shape index (κ3) is 4.37. The predicted octanol–water partition coefficient (Wildman–Crippen LogP) is 4.10. The van der Waals surface area contributed by atoms with Crippen LogP contribution >= 0.6 is 12.6 Å². The van der Waals surface area contributed by atoms with E-state index < -0.39 is 0 Å². The Balaban J connectivity index is 2.28. The van der Waals surface area contributed by atoms with Crippen molar-refractivity contribution >= 4 is 12.6 Å². The Morgan fingerprint density at radius 3 is 2.69 bits per heavy atom. The Morgan fingerprint density at radius 1 is 1.15 bits per heavy atom. The van der Waals surface area contributed by atoms with Gasteiger partial charge >= 0.3 is 0 Å². The van der Waals surface area contributed by atoms with Gasteiger partial charge in [0.05, 0.1) is 0 Å². The minimum absolute atomic E-state index is 1.08. The Labute approximate surface area is 86.8 Å². The Bertz CT molecular complexity index is 243. The van der Waals surface area contributed by atoms with Crippen molar-refractivity contribution < 1.29 is 0 Å². The summed E-state index contributed by atoms with van der Waals surface area (Å²) in [6.07, 6.45) is 6.54. The first-order valence-corrected chi connectivity index (χ1v) is 5.55. The van der Waals surface area contributed by atoms with Gasteiger partial charge in [-0.25, -0.2) is 0 Å². The highest BCUT2D eigenvalue weighted by Crippen LogP contribution is 2.12. The van der Waals surface area contributed by atoms with Crippen LogP contribution in [-0.2, 0) is 6.42 Å². The van der Waals surface area contributed by atoms with Crippen LogP contribution in [0.25, 0.3) is 0 Å². The van der Waals surface area contributed by atoms with Gasteiger partial charge in [0, 0.05) is 4.90 Å². The molecule has 0 N–H and O–H groups in total. The van der Waals surface area contributed by atoms with Crippen molar-refractivity contribution in [2.45, 2.75) is 43.9 Å². The Kier molecular flexibility index (Phi) is 4.99. The van der Waals surface area contributed by atoms with Crippen molar-refractivity contribution in [3.05, 3.63) is 29.8 Å². The molecule has 0 aromatic heterocycles. The molecular weight excluding hydrogens is 176 g/mol. The summed E-state index contributed by atoms with van der Waals surface area (Å²) < 4.78 is 0. The summed E-state index contributed by atoms with van der Waals surface area (Å²) in [5, 5.41) is 0. The van der Waals surface area contributed by atoms with Gasteiger partial charge in [-0.05, 0) is 30.5 Å². The van der Waals surface area contributed by atoms with Crippen LogP contribution < -0.4 is 0 Å². The van der Waals surface area contributed by atoms with E-state index in [1.54, 1.807) is 0 Å². The van der Waals surface area contributed by atoms with E-state index in [1.165, 1.54) is 37.7 Å². The minimum Gasteiger partial charge on any atom is -0.143 e. The highest BCUT2D eigenvalue weighted by atomic mass is 32.1. The lowest BCUT2D eigenvalue weighted by atomic mass is 10.1. The Hall–Kier alpha value is -0.430. The molecule has 0 spiro atoms. The van der Waals surface area contributed by atoms with E-state index in [0.717, 1.165) is 4.90 Å². The van der Waals surface area contributed by atoms with Crippen molar-refractivity contribution in [1.82, 2.24) is 0 Å². The quantitative estimate of drug-likeness (QED) is 0.529. The molecule has 72 valence electrons. The fourth-order valence-corrected chi connectivity index (χ4v) is 1.72. The summed E-state index contributed by atoms with van der Waals surface area (Å²) in [4.78, 5) is 1.08. The van der Waals surface area contributed by atoms with Gasteiger partial charge in [-0.15, -0.1) is 12.6 Å². The molecule has 1 heteroatoms. The predicted molar refractivity (Wildman–Crippen MR) is 61.5 cm³/mol. The fraction of sp³-hybridized carbons (Fsp3) is 0.500. The Morgan fingerprint density at radius 2 is 2.00 bits per heavy atom. The van der Waals surface area contributed by atoms with Gasteiger partial charge < -0.3 is 0 Å². The lowest BCUT2D eigenvalue weighted by molar-refractivity contribution is 0.666. The molecule has 1 aromatic carbocycles. The molecule has 0 aliphatic carbocycles. The maximum atomic E-state index is 4.32. The van der Waals surface area contributed by atoms with Crippen LogP contribution in [0.2, 0.25) is 0 Å². The molecule has 0 amide bonds. The van der Waals surface area contributed by atoms with Crippen LogP contribution in [0.4, 0.5) is 0 Å². The van der Waals surface area contributed by atoms with Gasteiger partial charge in [0.25, 0.3) is 0 Å². The van der Waals surface area contributed by atoms with E-state index in [9.17, 15) is 0 Å². The van der Waals surface area contributed by atoms with Gasteiger partial charge in [-0.1, -0.05) is 38.3 Å². The zero-order valence-electron chi connectivity index (χ0n) is 8.29. The van der Waals surface area contributed by atoms with E-state index >= 15 is 0 Å². The zero-order chi connectivity index (χ0) is 9.52. The van der Waals surface area contributed by atoms with Gasteiger partial charge in [0.2, 0.25) is 0 Å². The number of aryl methyl sites for hydroxylation is 1. The van der Waals surface area contributed by atoms with Crippen LogP contribution in [-0.4, -0.2) is 0 Å². The van der Waals surface area contributed by atoms with Crippen LogP contribution in [0, 0.1) is 0 Å². The smallest absolute Gasteiger partial charge is 0.00427 e. The second-order valence-electron chi connectivity index (χ2n) is 3.48. The van der Waals surface area contributed by atoms with Crippen LogP contribution in [0.5, 0.6) is 0 Å². The van der Waals surface area contributed by atoms with Crippen LogP contribution in [0.1, 0.15) is 38.2 Å². The van der Waals surface area contributed by atoms with Crippen molar-refractivity contribution in [3.8, 4) is 0 Å². The van der Waals surface area contributed by atoms with Gasteiger partial charge in [0.15, 0.2) is 0 Å². The monoisotopic (exact) mass is 194 g/mol. The first kappa shape index (κ1) is 10.6. The summed E-state index contributed by atoms with van der Waals surface area (Å²) in [5.41, 5.74) is 1.42. The topological polar surface area (TPSA) is 0 Å². The van der Waals surface area contributed by atoms with E-state index in [-0.39, 0.29) is 0 Å². The highest BCUT2D eigenvalue weighted by molar-refractivity contribution is 7.80. The second-order valence-corrected chi connectivity index (χ2v) is 4.00. The third-order valence-corrected chi connectivity index (χ3v) is 2.51. The molecule has 13 heavy (non-hydrogen) atoms. The minimum atomic E-state index is 1.08. The average Bonchev–Trinajstić information content (AvgIpc) is 2.13. The van der Waals surface area contributed by atoms with Crippen LogP contribution in [0.3, 0.4) is 0 Å². The summed E-state index contributed by atoms with van der Waals surface area (Å²) in [6, 6.07) is 8.46. The summed E-state index contributed by atoms with van der Waals surface area (Å²) in [7, 11) is 0. The van der Waals surface area contributed by atoms with E-state index in [2.05, 4.69) is 37.8 Å². The van der Waals surface area contributed by atoms with Crippen molar-refractivity contribution in [3.63, 3.8) is 0 Å². The second kappa shape index (κ2) is 6.09. The fourth-order valence-electron chi connectivity index (χ4n) is 1.47. The van der Waals surface area contributed by atoms with Gasteiger partial charge in [0.1, 0.15) is 0 Å². The molecule has 0 unspecified atom stereocenters. The molecular formula is C12H18S. The lowest BCUT2D eigenvalue weighted by Gasteiger charge is -2.01. The molecule has 1 rings (SSSR count). The summed E-state index contributed by atoms with van der Waals surface area (Å²) >= 11 is 4.32. The standard InChI is InChI=1S/C12H18S/c1-2-3-4-5-7-11-8-6-9-12(13)10-11/h6,8-10,13H,2-5,7H2,1H3. The summed E-state index contributed by atoms with van der Waals surface area (Å²) in [5.74, 6) is 0. The molecule has 0 saturated heterocycles. The van der Waals surface area contributed by atoms with Gasteiger partial charge in [-0.3, -0.25) is 0 Å². The number of rotatable bonds is 5. The van der Waals surface area contributed by atoms with E-state index in [4.69, 9.17) is 0 Å². The first-order valence-electron chi connectivity index (χ1n) is 5.11. The lowest BCUT2D eigenvalue weighted by Crippen LogP contribution is -1.85. The SMILES string of the molecule is CCCCCCc1cccc(S)c1. The first-order chi connectivity index (χ1) is 6.33. The maximum Gasteiger partial charge on any atom is 0.00427 e. The highest BCUT2D eigenvalue weighted by Gasteiger charge is 1.93. The molecule has 0 aliphatic rings. The molecule has 0 radical (unpaired) electrons. The van der Waals surface area contributed by atoms with Crippen molar-refractivity contribution in [2.75, 3.05) is 0 Å². The molecule has 0 heterocycles. The molecule has 0 atom stereocenters. The number of unbranched alkanes of at least 4 members (excludes halogenated alkanes) is 3. The number of hydrogen-bond donors (Lipinski definition) is 1. The van der Waals surface area contributed by atoms with E-state index in [0.29, 0.717) is 0 Å². The molecule has 0 aliphatic heterocycles. The molecule has 0 saturated carbocycles. The largest absolute Gasteiger partial charge is 0.143 e. The van der Waals surface area contributed by atoms with E-state index in [1.807, 2.05) is 6.07 Å².